The summed E-state index contributed by atoms with van der Waals surface area (Å²) in [6, 6.07) is 21.9. The number of fused-ring (bicyclic) bond motifs is 8. The number of piperidine rings is 2. The fourth-order valence-electron chi connectivity index (χ4n) is 15.2. The van der Waals surface area contributed by atoms with Crippen LogP contribution in [0.5, 0.6) is 11.5 Å². The van der Waals surface area contributed by atoms with Gasteiger partial charge in [0, 0.05) is 61.4 Å². The smallest absolute Gasteiger partial charge is 0.306 e. The number of aliphatic imine (C=N–C) groups is 2. The number of imide groups is 4. The first-order valence-corrected chi connectivity index (χ1v) is 42.0. The van der Waals surface area contributed by atoms with Crippen molar-refractivity contribution in [1.29, 1.82) is 0 Å². The quantitative estimate of drug-likeness (QED) is 0.0232. The number of hydrogen-bond donors (Lipinski definition) is 4. The molecule has 604 valence electrons. The van der Waals surface area contributed by atoms with Crippen molar-refractivity contribution in [2.75, 3.05) is 19.8 Å². The van der Waals surface area contributed by atoms with Crippen molar-refractivity contribution in [2.45, 2.75) is 220 Å². The van der Waals surface area contributed by atoms with Crippen LogP contribution in [0.3, 0.4) is 0 Å². The fraction of sp³-hybridized carbons (Fsp3) is 0.435. The number of hydrogen-bond acceptors (Lipinski definition) is 20. The molecule has 0 radical (unpaired) electrons. The second-order valence-corrected chi connectivity index (χ2v) is 32.8. The minimum atomic E-state index is -1.01. The normalized spacial score (nSPS) is 17.3. The topological polar surface area (TPSA) is 338 Å². The van der Waals surface area contributed by atoms with Gasteiger partial charge in [0.1, 0.15) is 57.3 Å². The summed E-state index contributed by atoms with van der Waals surface area (Å²) in [6.07, 6.45) is 19.2. The van der Waals surface area contributed by atoms with Gasteiger partial charge in [-0.15, -0.1) is 43.1 Å². The molecule has 6 aliphatic rings. The molecule has 115 heavy (non-hydrogen) atoms. The van der Waals surface area contributed by atoms with Crippen LogP contribution in [-0.2, 0) is 28.8 Å². The summed E-state index contributed by atoms with van der Waals surface area (Å²) in [5, 5.41) is 37.5. The number of carboxylic acid groups (broad SMARTS) is 1. The SMILES string of the molecule is CCCCCCCCCCCOc1cccc2c1C(=O)N(C1CCC(=O)NC1=O)C2=O.Cc1sc2c(c1C)C(c1ccc(Cl)cc1)=N[C@@H](CC(=O)NCCCCCCCCCCOc1cccc3c1C(=O)N(C1CCC(=O)NC1=O)C3=O)c1nnc(C)n1-2.Cc1sc2c(c1C)C(c1ccc(Cl)cc1)=N[C@@H](CC(=O)O)c1nnc(C)n1-2. The molecule has 8 aromatic rings. The molecule has 4 atom stereocenters. The number of amides is 9. The number of carboxylic acids is 1. The molecule has 0 aliphatic carbocycles. The molecule has 14 rings (SSSR count). The molecule has 0 saturated carbocycles. The Kier molecular flexibility index (Phi) is 28.0. The van der Waals surface area contributed by atoms with Crippen LogP contribution in [0, 0.1) is 41.5 Å². The third-order valence-electron chi connectivity index (χ3n) is 21.5. The van der Waals surface area contributed by atoms with Gasteiger partial charge in [0.2, 0.25) is 29.5 Å². The molecule has 4 aromatic carbocycles. The molecule has 4 aromatic heterocycles. The summed E-state index contributed by atoms with van der Waals surface area (Å²) in [5.74, 6) is -1.80. The van der Waals surface area contributed by atoms with Gasteiger partial charge in [-0.25, -0.2) is 0 Å². The number of nitrogens with zero attached hydrogens (tertiary/aromatic N) is 10. The molecule has 2 unspecified atom stereocenters. The number of nitrogens with one attached hydrogen (secondary N) is 3. The Bertz CT molecular complexity index is 5100. The van der Waals surface area contributed by atoms with Crippen LogP contribution < -0.4 is 25.4 Å². The lowest BCUT2D eigenvalue weighted by atomic mass is 9.99. The predicted octanol–water partition coefficient (Wildman–Crippen LogP) is 15.2. The standard InChI is InChI=1S/C42H46ClN7O6S.C24H32N2O5.C19H17ClN4O2S/c1-24-25(2)57-42-35(24)37(27-15-17-28(43)18-16-27)45-30(38-48-47-26(3)49(38)42)23-34(52)44-21-10-8-6-4-5-7-9-11-22-56-32-14-12-13-29-36(32)41(55)50(40(29)54)31-19-20-33(51)46-39(31)53;1-2-3-4-5-6-7-8-9-10-16-31-19-13-11-12-17-21(19)24(30)26(23(17)29)18-14-15-20(27)25-22(18)28;1-9-10(2)27-19-16(9)17(12-4-6-13(20)7-5-12)21-14(8-15(25)26)18-23-22-11(3)24(18)19/h12-18,30-31H,4-11,19-23H2,1-3H3,(H,44,52)(H,46,51,53);11-13,18H,2-10,14-16H2,1H3,(H,25,27,28);4-7,14H,8H2,1-3H3,(H,25,26)/t30-,31?;;14-/m0.0/s1. The first kappa shape index (κ1) is 84.0. The summed E-state index contributed by atoms with van der Waals surface area (Å²) in [7, 11) is 0. The lowest BCUT2D eigenvalue weighted by Crippen LogP contribution is -2.54. The molecule has 6 aliphatic heterocycles. The minimum Gasteiger partial charge on any atom is -0.493 e. The van der Waals surface area contributed by atoms with E-state index in [0.29, 0.717) is 53.0 Å². The van der Waals surface area contributed by atoms with E-state index in [4.69, 9.17) is 42.7 Å². The van der Waals surface area contributed by atoms with Gasteiger partial charge in [-0.3, -0.25) is 87.5 Å². The molecule has 30 heteroatoms. The summed E-state index contributed by atoms with van der Waals surface area (Å²) in [5.41, 5.74) is 8.57. The number of unbranched alkanes of at least 4 members (excludes halogenated alkanes) is 15. The molecule has 2 saturated heterocycles. The van der Waals surface area contributed by atoms with Crippen LogP contribution in [0.4, 0.5) is 0 Å². The van der Waals surface area contributed by atoms with E-state index in [0.717, 1.165) is 140 Å². The molecule has 26 nitrogen and oxygen atoms in total. The van der Waals surface area contributed by atoms with Gasteiger partial charge in [0.15, 0.2) is 11.6 Å². The molecule has 0 spiro atoms. The Hall–Kier alpha value is -10.4. The molecular formula is C85H95Cl2N13O13S2. The number of rotatable bonds is 31. The van der Waals surface area contributed by atoms with Crippen LogP contribution in [0.1, 0.15) is 275 Å². The fourth-order valence-corrected chi connectivity index (χ4v) is 17.9. The van der Waals surface area contributed by atoms with Gasteiger partial charge in [-0.2, -0.15) is 0 Å². The summed E-state index contributed by atoms with van der Waals surface area (Å²) < 4.78 is 15.8. The monoisotopic (exact) mass is 1640 g/mol. The van der Waals surface area contributed by atoms with E-state index in [-0.39, 0.29) is 72.6 Å². The highest BCUT2D eigenvalue weighted by Crippen LogP contribution is 2.43. The summed E-state index contributed by atoms with van der Waals surface area (Å²) >= 11 is 15.6. The van der Waals surface area contributed by atoms with Crippen molar-refractivity contribution < 1.29 is 62.5 Å². The van der Waals surface area contributed by atoms with Crippen molar-refractivity contribution >= 4 is 116 Å². The number of thiophene rings is 2. The third kappa shape index (κ3) is 19.1. The summed E-state index contributed by atoms with van der Waals surface area (Å²) in [4.78, 5) is 139. The lowest BCUT2D eigenvalue weighted by molar-refractivity contribution is -0.138. The van der Waals surface area contributed by atoms with E-state index in [1.807, 2.05) is 66.9 Å². The van der Waals surface area contributed by atoms with Crippen molar-refractivity contribution in [1.82, 2.24) is 55.3 Å². The van der Waals surface area contributed by atoms with Crippen LogP contribution in [0.25, 0.3) is 10.0 Å². The zero-order valence-electron chi connectivity index (χ0n) is 65.7. The number of aryl methyl sites for hydroxylation is 4. The lowest BCUT2D eigenvalue weighted by Gasteiger charge is -2.27. The Morgan fingerprint density at radius 3 is 1.29 bits per heavy atom. The molecule has 10 heterocycles. The van der Waals surface area contributed by atoms with Crippen LogP contribution in [-0.4, -0.2) is 147 Å². The van der Waals surface area contributed by atoms with Gasteiger partial charge < -0.3 is 19.9 Å². The van der Waals surface area contributed by atoms with E-state index in [2.05, 4.69) is 75.5 Å². The number of carbonyl (C=O) groups is 10. The number of aromatic nitrogens is 6. The maximum Gasteiger partial charge on any atom is 0.306 e. The Morgan fingerprint density at radius 2 is 0.887 bits per heavy atom. The molecule has 2 fully saturated rings. The number of halogens is 2. The zero-order valence-corrected chi connectivity index (χ0v) is 68.8. The van der Waals surface area contributed by atoms with Gasteiger partial charge >= 0.3 is 5.97 Å². The first-order chi connectivity index (χ1) is 55.4. The van der Waals surface area contributed by atoms with Crippen LogP contribution in [0.15, 0.2) is 94.9 Å². The van der Waals surface area contributed by atoms with Gasteiger partial charge in [0.05, 0.1) is 59.7 Å². The van der Waals surface area contributed by atoms with Crippen molar-refractivity contribution in [3.8, 4) is 21.5 Å². The van der Waals surface area contributed by atoms with Gasteiger partial charge in [-0.1, -0.05) is 156 Å². The van der Waals surface area contributed by atoms with E-state index in [9.17, 15) is 53.1 Å². The highest BCUT2D eigenvalue weighted by Gasteiger charge is 2.48. The minimum absolute atomic E-state index is 0.0694. The van der Waals surface area contributed by atoms with E-state index in [1.165, 1.54) is 54.7 Å². The zero-order chi connectivity index (χ0) is 81.7. The molecule has 9 amide bonds. The van der Waals surface area contributed by atoms with Crippen molar-refractivity contribution in [3.05, 3.63) is 184 Å². The second kappa shape index (κ2) is 38.4. The summed E-state index contributed by atoms with van der Waals surface area (Å²) in [6.45, 7) is 15.8. The number of carbonyl (C=O) groups excluding carboxylic acids is 9. The second-order valence-electron chi connectivity index (χ2n) is 29.6. The third-order valence-corrected chi connectivity index (χ3v) is 24.4. The van der Waals surface area contributed by atoms with E-state index < -0.39 is 71.5 Å². The Morgan fingerprint density at radius 1 is 0.496 bits per heavy atom. The van der Waals surface area contributed by atoms with Crippen molar-refractivity contribution in [2.24, 2.45) is 9.98 Å². The highest BCUT2D eigenvalue weighted by atomic mass is 35.5. The Balaban J connectivity index is 0.000000176. The van der Waals surface area contributed by atoms with E-state index in [1.54, 1.807) is 59.1 Å². The Labute approximate surface area is 685 Å². The molecule has 4 N–H and O–H groups in total. The number of ether oxygens (including phenoxy) is 2. The first-order valence-electron chi connectivity index (χ1n) is 39.6. The number of benzene rings is 4. The predicted molar refractivity (Wildman–Crippen MR) is 438 cm³/mol. The van der Waals surface area contributed by atoms with Crippen LogP contribution in [0.2, 0.25) is 10.0 Å². The van der Waals surface area contributed by atoms with Crippen molar-refractivity contribution in [3.63, 3.8) is 0 Å². The number of aliphatic carboxylic acids is 1. The van der Waals surface area contributed by atoms with Gasteiger partial charge in [0.25, 0.3) is 23.6 Å². The maximum absolute atomic E-state index is 13.3. The average Bonchev–Trinajstić information content (AvgIpc) is 1.61. The average molecular weight is 1640 g/mol. The largest absolute Gasteiger partial charge is 0.493 e. The van der Waals surface area contributed by atoms with Gasteiger partial charge in [-0.05, 0) is 133 Å². The maximum atomic E-state index is 13.3. The van der Waals surface area contributed by atoms with Crippen LogP contribution >= 0.6 is 45.9 Å². The molecule has 0 bridgehead atoms. The van der Waals surface area contributed by atoms with E-state index >= 15 is 0 Å². The molecular weight excluding hydrogens is 1550 g/mol. The highest BCUT2D eigenvalue weighted by molar-refractivity contribution is 7.15.